The lowest BCUT2D eigenvalue weighted by Gasteiger charge is -2.38. The fraction of sp³-hybridized carbons (Fsp3) is 0.733. The van der Waals surface area contributed by atoms with Gasteiger partial charge in [-0.2, -0.15) is 0 Å². The molecule has 2 atom stereocenters. The largest absolute Gasteiger partial charge is 0.481 e. The van der Waals surface area contributed by atoms with Gasteiger partial charge in [0, 0.05) is 30.8 Å². The van der Waals surface area contributed by atoms with E-state index < -0.39 is 5.97 Å². The molecule has 21 heavy (non-hydrogen) atoms. The number of urea groups is 1. The van der Waals surface area contributed by atoms with Crippen LogP contribution in [0.25, 0.3) is 0 Å². The van der Waals surface area contributed by atoms with E-state index in [1.807, 2.05) is 4.90 Å². The number of piperidine rings is 1. The van der Waals surface area contributed by atoms with Crippen LogP contribution in [0.15, 0.2) is 0 Å². The van der Waals surface area contributed by atoms with Gasteiger partial charge in [0.2, 0.25) is 0 Å². The Balaban J connectivity index is 1.78. The van der Waals surface area contributed by atoms with Crippen molar-refractivity contribution in [3.05, 3.63) is 0 Å². The fourth-order valence-corrected chi connectivity index (χ4v) is 4.00. The van der Waals surface area contributed by atoms with Gasteiger partial charge in [-0.15, -0.1) is 18.2 Å². The van der Waals surface area contributed by atoms with Gasteiger partial charge in [0.05, 0.1) is 5.75 Å². The quantitative estimate of drug-likeness (QED) is 0.579. The zero-order valence-corrected chi connectivity index (χ0v) is 12.9. The lowest BCUT2D eigenvalue weighted by atomic mass is 9.88. The summed E-state index contributed by atoms with van der Waals surface area (Å²) < 4.78 is 0. The number of amides is 2. The summed E-state index contributed by atoms with van der Waals surface area (Å²) in [5, 5.41) is 11.9. The summed E-state index contributed by atoms with van der Waals surface area (Å²) >= 11 is 1.63. The molecule has 2 aliphatic rings. The predicted molar refractivity (Wildman–Crippen MR) is 83.2 cm³/mol. The molecular formula is C15H22N2O3S. The Kier molecular flexibility index (Phi) is 5.80. The second-order valence-corrected chi connectivity index (χ2v) is 6.82. The third kappa shape index (κ3) is 4.31. The van der Waals surface area contributed by atoms with E-state index in [4.69, 9.17) is 11.5 Å². The highest BCUT2D eigenvalue weighted by atomic mass is 32.2. The average Bonchev–Trinajstić information content (AvgIpc) is 2.69. The summed E-state index contributed by atoms with van der Waals surface area (Å²) in [4.78, 5) is 25.1. The highest BCUT2D eigenvalue weighted by Crippen LogP contribution is 2.39. The maximum absolute atomic E-state index is 12.3. The molecule has 0 radical (unpaired) electrons. The van der Waals surface area contributed by atoms with Crippen LogP contribution in [0.2, 0.25) is 0 Å². The Hall–Kier alpha value is -1.35. The number of carbonyl (C=O) groups excluding carboxylic acids is 1. The number of aliphatic carboxylic acids is 1. The van der Waals surface area contributed by atoms with Gasteiger partial charge in [-0.25, -0.2) is 4.79 Å². The third-order valence-corrected chi connectivity index (χ3v) is 5.10. The smallest absolute Gasteiger partial charge is 0.317 e. The Bertz CT molecular complexity index is 421. The number of nitrogens with zero attached hydrogens (tertiary/aromatic N) is 1. The molecule has 2 unspecified atom stereocenters. The second-order valence-electron chi connectivity index (χ2n) is 5.72. The summed E-state index contributed by atoms with van der Waals surface area (Å²) in [5.74, 6) is 3.53. The number of carboxylic acid groups (broad SMARTS) is 1. The topological polar surface area (TPSA) is 69.6 Å². The molecule has 2 heterocycles. The number of fused-ring (bicyclic) bond motifs is 2. The lowest BCUT2D eigenvalue weighted by Crippen LogP contribution is -2.51. The molecule has 0 aromatic rings. The van der Waals surface area contributed by atoms with Crippen LogP contribution in [0.3, 0.4) is 0 Å². The molecule has 0 aromatic heterocycles. The SMILES string of the molecule is C#CCSCCNC(=O)N1C2CCC1CC(CC(=O)O)C2. The van der Waals surface area contributed by atoms with Gasteiger partial charge in [-0.05, 0) is 31.6 Å². The molecule has 6 heteroatoms. The van der Waals surface area contributed by atoms with Crippen molar-refractivity contribution in [2.75, 3.05) is 18.1 Å². The van der Waals surface area contributed by atoms with Crippen molar-refractivity contribution in [2.24, 2.45) is 5.92 Å². The van der Waals surface area contributed by atoms with E-state index in [-0.39, 0.29) is 30.5 Å². The maximum Gasteiger partial charge on any atom is 0.317 e. The van der Waals surface area contributed by atoms with Gasteiger partial charge >= 0.3 is 12.0 Å². The monoisotopic (exact) mass is 310 g/mol. The first kappa shape index (κ1) is 16.0. The zero-order chi connectivity index (χ0) is 15.2. The minimum atomic E-state index is -0.733. The van der Waals surface area contributed by atoms with Crippen LogP contribution in [-0.4, -0.2) is 52.1 Å². The van der Waals surface area contributed by atoms with E-state index in [1.165, 1.54) is 0 Å². The number of thioether (sulfide) groups is 1. The minimum Gasteiger partial charge on any atom is -0.481 e. The second kappa shape index (κ2) is 7.60. The van der Waals surface area contributed by atoms with E-state index >= 15 is 0 Å². The lowest BCUT2D eigenvalue weighted by molar-refractivity contribution is -0.138. The molecule has 2 N–H and O–H groups in total. The van der Waals surface area contributed by atoms with Gasteiger partial charge in [-0.3, -0.25) is 4.79 Å². The van der Waals surface area contributed by atoms with Crippen LogP contribution >= 0.6 is 11.8 Å². The average molecular weight is 310 g/mol. The van der Waals surface area contributed by atoms with Crippen LogP contribution in [0.4, 0.5) is 4.79 Å². The summed E-state index contributed by atoms with van der Waals surface area (Å²) in [6.07, 6.45) is 9.04. The number of rotatable bonds is 6. The molecule has 2 saturated heterocycles. The fourth-order valence-electron chi connectivity index (χ4n) is 3.49. The van der Waals surface area contributed by atoms with Crippen LogP contribution in [0.1, 0.15) is 32.1 Å². The highest BCUT2D eigenvalue weighted by Gasteiger charge is 2.43. The normalized spacial score (nSPS) is 27.2. The van der Waals surface area contributed by atoms with Crippen LogP contribution in [0.5, 0.6) is 0 Å². The molecule has 0 aromatic carbocycles. The number of hydrogen-bond acceptors (Lipinski definition) is 3. The van der Waals surface area contributed by atoms with Crippen molar-refractivity contribution in [1.29, 1.82) is 0 Å². The molecule has 5 nitrogen and oxygen atoms in total. The van der Waals surface area contributed by atoms with Gasteiger partial charge in [0.25, 0.3) is 0 Å². The van der Waals surface area contributed by atoms with E-state index in [1.54, 1.807) is 11.8 Å². The molecule has 2 bridgehead atoms. The first-order valence-corrected chi connectivity index (χ1v) is 8.56. The third-order valence-electron chi connectivity index (χ3n) is 4.24. The molecule has 2 rings (SSSR count). The summed E-state index contributed by atoms with van der Waals surface area (Å²) in [6, 6.07) is 0.426. The van der Waals surface area contributed by atoms with Crippen molar-refractivity contribution in [3.8, 4) is 12.3 Å². The Labute approximate surface area is 129 Å². The van der Waals surface area contributed by atoms with Gasteiger partial charge in [0.15, 0.2) is 0 Å². The molecule has 0 aliphatic carbocycles. The van der Waals surface area contributed by atoms with E-state index in [2.05, 4.69) is 11.2 Å². The van der Waals surface area contributed by atoms with Crippen molar-refractivity contribution < 1.29 is 14.7 Å². The summed E-state index contributed by atoms with van der Waals surface area (Å²) in [5.41, 5.74) is 0. The Morgan fingerprint density at radius 2 is 2.00 bits per heavy atom. The van der Waals surface area contributed by atoms with Crippen LogP contribution < -0.4 is 5.32 Å². The molecule has 116 valence electrons. The number of carboxylic acids is 1. The van der Waals surface area contributed by atoms with E-state index in [0.717, 1.165) is 31.4 Å². The van der Waals surface area contributed by atoms with E-state index in [9.17, 15) is 9.59 Å². The predicted octanol–water partition coefficient (Wildman–Crippen LogP) is 1.78. The molecule has 0 saturated carbocycles. The number of nitrogens with one attached hydrogen (secondary N) is 1. The molecule has 2 fully saturated rings. The number of hydrogen-bond donors (Lipinski definition) is 2. The first-order valence-electron chi connectivity index (χ1n) is 7.41. The van der Waals surface area contributed by atoms with Crippen molar-refractivity contribution >= 4 is 23.8 Å². The van der Waals surface area contributed by atoms with E-state index in [0.29, 0.717) is 12.3 Å². The number of terminal acetylenes is 1. The van der Waals surface area contributed by atoms with Gasteiger partial charge < -0.3 is 15.3 Å². The van der Waals surface area contributed by atoms with Crippen molar-refractivity contribution in [2.45, 2.75) is 44.2 Å². The molecule has 2 amide bonds. The summed E-state index contributed by atoms with van der Waals surface area (Å²) in [7, 11) is 0. The number of carbonyl (C=O) groups is 2. The minimum absolute atomic E-state index is 0.00224. The maximum atomic E-state index is 12.3. The van der Waals surface area contributed by atoms with Crippen LogP contribution in [-0.2, 0) is 4.79 Å². The molecule has 0 spiro atoms. The zero-order valence-electron chi connectivity index (χ0n) is 12.1. The summed E-state index contributed by atoms with van der Waals surface area (Å²) in [6.45, 7) is 0.625. The van der Waals surface area contributed by atoms with Gasteiger partial charge in [-0.1, -0.05) is 5.92 Å². The highest BCUT2D eigenvalue weighted by molar-refractivity contribution is 7.99. The Morgan fingerprint density at radius 3 is 2.57 bits per heavy atom. The molecular weight excluding hydrogens is 288 g/mol. The first-order chi connectivity index (χ1) is 10.1. The van der Waals surface area contributed by atoms with Crippen LogP contribution in [0, 0.1) is 18.3 Å². The molecule has 2 aliphatic heterocycles. The van der Waals surface area contributed by atoms with Gasteiger partial charge in [0.1, 0.15) is 0 Å². The van der Waals surface area contributed by atoms with Crippen molar-refractivity contribution in [3.63, 3.8) is 0 Å². The Morgan fingerprint density at radius 1 is 1.33 bits per heavy atom. The standard InChI is InChI=1S/C15H22N2O3S/c1-2-6-21-7-5-16-15(20)17-12-3-4-13(17)9-11(8-12)10-14(18)19/h1,11-13H,3-10H2,(H,16,20)(H,18,19). The van der Waals surface area contributed by atoms with Crippen molar-refractivity contribution in [1.82, 2.24) is 10.2 Å².